The van der Waals surface area contributed by atoms with E-state index in [9.17, 15) is 9.90 Å². The average molecular weight is 278 g/mol. The molecule has 0 aromatic heterocycles. The van der Waals surface area contributed by atoms with Crippen LogP contribution in [0.4, 0.5) is 5.69 Å². The summed E-state index contributed by atoms with van der Waals surface area (Å²) >= 11 is 0. The van der Waals surface area contributed by atoms with Crippen LogP contribution >= 0.6 is 0 Å². The van der Waals surface area contributed by atoms with Gasteiger partial charge in [0.1, 0.15) is 0 Å². The van der Waals surface area contributed by atoms with E-state index in [1.807, 2.05) is 39.0 Å². The maximum Gasteiger partial charge on any atom is 0.225 e. The lowest BCUT2D eigenvalue weighted by molar-refractivity contribution is -0.116. The summed E-state index contributed by atoms with van der Waals surface area (Å²) in [5.74, 6) is 0.00995. The first-order valence-electron chi connectivity index (χ1n) is 7.17. The second-order valence-electron chi connectivity index (χ2n) is 5.49. The molecule has 0 aliphatic rings. The third-order valence-electron chi connectivity index (χ3n) is 3.43. The molecule has 20 heavy (non-hydrogen) atoms. The number of rotatable bonds is 7. The van der Waals surface area contributed by atoms with E-state index in [0.717, 1.165) is 17.8 Å². The van der Waals surface area contributed by atoms with Crippen LogP contribution in [0.5, 0.6) is 0 Å². The second-order valence-corrected chi connectivity index (χ2v) is 5.49. The Hall–Kier alpha value is -1.39. The van der Waals surface area contributed by atoms with Crippen LogP contribution in [0, 0.1) is 13.8 Å². The number of hydrogen-bond acceptors (Lipinski definition) is 3. The molecule has 3 N–H and O–H groups in total. The van der Waals surface area contributed by atoms with Crippen molar-refractivity contribution in [2.75, 3.05) is 11.9 Å². The lowest BCUT2D eigenvalue weighted by atomic mass is 10.1. The molecule has 1 rings (SSSR count). The predicted molar refractivity (Wildman–Crippen MR) is 82.9 cm³/mol. The standard InChI is InChI=1S/C16H26N2O2/c1-11-6-5-7-15(14(11)4)18-16(20)10-12(2)17-9-8-13(3)19/h5-7,12-13,17,19H,8-10H2,1-4H3,(H,18,20). The van der Waals surface area contributed by atoms with Crippen molar-refractivity contribution in [1.29, 1.82) is 0 Å². The zero-order valence-electron chi connectivity index (χ0n) is 12.9. The summed E-state index contributed by atoms with van der Waals surface area (Å²) < 4.78 is 0. The number of aliphatic hydroxyl groups is 1. The molecule has 1 aromatic carbocycles. The van der Waals surface area contributed by atoms with Crippen molar-refractivity contribution in [2.45, 2.75) is 52.7 Å². The van der Waals surface area contributed by atoms with Gasteiger partial charge in [-0.25, -0.2) is 0 Å². The molecule has 0 aliphatic carbocycles. The number of carbonyl (C=O) groups excluding carboxylic acids is 1. The Morgan fingerprint density at radius 3 is 2.65 bits per heavy atom. The summed E-state index contributed by atoms with van der Waals surface area (Å²) in [6.45, 7) is 8.50. The molecule has 0 spiro atoms. The van der Waals surface area contributed by atoms with Crippen molar-refractivity contribution >= 4 is 11.6 Å². The third kappa shape index (κ3) is 5.72. The van der Waals surface area contributed by atoms with Crippen LogP contribution in [0.25, 0.3) is 0 Å². The minimum absolute atomic E-state index is 0.00995. The zero-order valence-corrected chi connectivity index (χ0v) is 12.9. The van der Waals surface area contributed by atoms with E-state index in [2.05, 4.69) is 10.6 Å². The van der Waals surface area contributed by atoms with Crippen molar-refractivity contribution in [3.63, 3.8) is 0 Å². The van der Waals surface area contributed by atoms with Crippen molar-refractivity contribution in [1.82, 2.24) is 5.32 Å². The first-order chi connectivity index (χ1) is 9.40. The van der Waals surface area contributed by atoms with E-state index in [1.54, 1.807) is 6.92 Å². The SMILES string of the molecule is Cc1cccc(NC(=O)CC(C)NCCC(C)O)c1C. The topological polar surface area (TPSA) is 61.4 Å². The Kier molecular flexibility index (Phi) is 6.68. The first-order valence-corrected chi connectivity index (χ1v) is 7.17. The third-order valence-corrected chi connectivity index (χ3v) is 3.43. The highest BCUT2D eigenvalue weighted by atomic mass is 16.3. The zero-order chi connectivity index (χ0) is 15.1. The maximum absolute atomic E-state index is 12.0. The molecule has 0 radical (unpaired) electrons. The summed E-state index contributed by atoms with van der Waals surface area (Å²) in [6, 6.07) is 6.00. The predicted octanol–water partition coefficient (Wildman–Crippen LogP) is 2.38. The van der Waals surface area contributed by atoms with Gasteiger partial charge in [-0.3, -0.25) is 4.79 Å². The molecule has 4 heteroatoms. The van der Waals surface area contributed by atoms with E-state index in [4.69, 9.17) is 0 Å². The molecule has 1 aromatic rings. The number of anilines is 1. The molecule has 0 bridgehead atoms. The number of hydrogen-bond donors (Lipinski definition) is 3. The largest absolute Gasteiger partial charge is 0.393 e. The number of carbonyl (C=O) groups is 1. The van der Waals surface area contributed by atoms with Gasteiger partial charge < -0.3 is 15.7 Å². The number of aliphatic hydroxyl groups excluding tert-OH is 1. The molecule has 4 nitrogen and oxygen atoms in total. The molecule has 0 heterocycles. The van der Waals surface area contributed by atoms with E-state index in [-0.39, 0.29) is 18.1 Å². The van der Waals surface area contributed by atoms with Crippen molar-refractivity contribution in [3.05, 3.63) is 29.3 Å². The fourth-order valence-electron chi connectivity index (χ4n) is 1.98. The summed E-state index contributed by atoms with van der Waals surface area (Å²) in [7, 11) is 0. The van der Waals surface area contributed by atoms with Crippen LogP contribution in [0.1, 0.15) is 37.8 Å². The molecule has 0 saturated carbocycles. The van der Waals surface area contributed by atoms with Crippen molar-refractivity contribution in [2.24, 2.45) is 0 Å². The highest BCUT2D eigenvalue weighted by Gasteiger charge is 2.10. The molecular weight excluding hydrogens is 252 g/mol. The molecule has 112 valence electrons. The highest BCUT2D eigenvalue weighted by Crippen LogP contribution is 2.18. The minimum Gasteiger partial charge on any atom is -0.393 e. The van der Waals surface area contributed by atoms with Gasteiger partial charge in [0.25, 0.3) is 0 Å². The first kappa shape index (κ1) is 16.7. The second kappa shape index (κ2) is 8.02. The molecule has 0 saturated heterocycles. The fourth-order valence-corrected chi connectivity index (χ4v) is 1.98. The van der Waals surface area contributed by atoms with Gasteiger partial charge in [-0.15, -0.1) is 0 Å². The molecule has 2 unspecified atom stereocenters. The van der Waals surface area contributed by atoms with Gasteiger partial charge in [0.15, 0.2) is 0 Å². The van der Waals surface area contributed by atoms with Crippen LogP contribution < -0.4 is 10.6 Å². The van der Waals surface area contributed by atoms with Crippen molar-refractivity contribution in [3.8, 4) is 0 Å². The van der Waals surface area contributed by atoms with Crippen molar-refractivity contribution < 1.29 is 9.90 Å². The van der Waals surface area contributed by atoms with Gasteiger partial charge in [-0.1, -0.05) is 12.1 Å². The Morgan fingerprint density at radius 1 is 1.30 bits per heavy atom. The van der Waals surface area contributed by atoms with Gasteiger partial charge in [0.05, 0.1) is 6.10 Å². The van der Waals surface area contributed by atoms with Crippen LogP contribution in [0.15, 0.2) is 18.2 Å². The highest BCUT2D eigenvalue weighted by molar-refractivity contribution is 5.92. The Bertz CT molecular complexity index is 444. The monoisotopic (exact) mass is 278 g/mol. The maximum atomic E-state index is 12.0. The fraction of sp³-hybridized carbons (Fsp3) is 0.562. The van der Waals surface area contributed by atoms with E-state index in [0.29, 0.717) is 12.8 Å². The molecule has 0 fully saturated rings. The molecule has 0 aliphatic heterocycles. The van der Waals surface area contributed by atoms with Crippen LogP contribution in [-0.2, 0) is 4.79 Å². The van der Waals surface area contributed by atoms with Crippen LogP contribution in [0.2, 0.25) is 0 Å². The van der Waals surface area contributed by atoms with Gasteiger partial charge in [-0.05, 0) is 57.9 Å². The molecule has 2 atom stereocenters. The summed E-state index contributed by atoms with van der Waals surface area (Å²) in [5.41, 5.74) is 3.16. The number of amides is 1. The van der Waals surface area contributed by atoms with E-state index < -0.39 is 0 Å². The summed E-state index contributed by atoms with van der Waals surface area (Å²) in [5, 5.41) is 15.4. The number of aryl methyl sites for hydroxylation is 1. The molecular formula is C16H26N2O2. The van der Waals surface area contributed by atoms with E-state index >= 15 is 0 Å². The van der Waals surface area contributed by atoms with Gasteiger partial charge in [0, 0.05) is 18.2 Å². The van der Waals surface area contributed by atoms with Crippen LogP contribution in [0.3, 0.4) is 0 Å². The number of nitrogens with one attached hydrogen (secondary N) is 2. The Balaban J connectivity index is 2.41. The average Bonchev–Trinajstić information content (AvgIpc) is 2.34. The number of benzene rings is 1. The van der Waals surface area contributed by atoms with Gasteiger partial charge >= 0.3 is 0 Å². The Morgan fingerprint density at radius 2 is 2.00 bits per heavy atom. The molecule has 1 amide bonds. The van der Waals surface area contributed by atoms with E-state index in [1.165, 1.54) is 5.56 Å². The van der Waals surface area contributed by atoms with Gasteiger partial charge in [-0.2, -0.15) is 0 Å². The normalized spacial score (nSPS) is 13.8. The minimum atomic E-state index is -0.307. The van der Waals surface area contributed by atoms with Gasteiger partial charge in [0.2, 0.25) is 5.91 Å². The lowest BCUT2D eigenvalue weighted by Crippen LogP contribution is -2.32. The summed E-state index contributed by atoms with van der Waals surface area (Å²) in [4.78, 5) is 12.0. The Labute approximate surface area is 121 Å². The quantitative estimate of drug-likeness (QED) is 0.717. The lowest BCUT2D eigenvalue weighted by Gasteiger charge is -2.15. The smallest absolute Gasteiger partial charge is 0.225 e. The summed E-state index contributed by atoms with van der Waals surface area (Å²) in [6.07, 6.45) is 0.814. The van der Waals surface area contributed by atoms with Crippen LogP contribution in [-0.4, -0.2) is 29.7 Å².